The number of aryl methyl sites for hydroxylation is 1. The summed E-state index contributed by atoms with van der Waals surface area (Å²) in [5, 5.41) is 4.08. The summed E-state index contributed by atoms with van der Waals surface area (Å²) in [4.78, 5) is 4.24. The lowest BCUT2D eigenvalue weighted by Crippen LogP contribution is -2.00. The van der Waals surface area contributed by atoms with Crippen molar-refractivity contribution in [1.29, 1.82) is 0 Å². The minimum absolute atomic E-state index is 0.759. The lowest BCUT2D eigenvalue weighted by atomic mass is 10.2. The molecule has 1 aromatic heterocycles. The van der Waals surface area contributed by atoms with Crippen LogP contribution in [0.5, 0.6) is 0 Å². The van der Waals surface area contributed by atoms with E-state index in [4.69, 9.17) is 11.6 Å². The van der Waals surface area contributed by atoms with E-state index in [2.05, 4.69) is 32.3 Å². The number of anilines is 1. The number of aromatic nitrogens is 1. The Labute approximate surface area is 114 Å². The smallest absolute Gasteiger partial charge is 0.109 e. The van der Waals surface area contributed by atoms with Gasteiger partial charge in [0.15, 0.2) is 0 Å². The number of rotatable bonds is 3. The van der Waals surface area contributed by atoms with Crippen LogP contribution in [-0.4, -0.2) is 4.98 Å². The van der Waals surface area contributed by atoms with Crippen molar-refractivity contribution >= 4 is 33.2 Å². The number of pyridine rings is 1. The monoisotopic (exact) mass is 310 g/mol. The Bertz CT molecular complexity index is 511. The second-order valence-corrected chi connectivity index (χ2v) is 5.00. The lowest BCUT2D eigenvalue weighted by Gasteiger charge is -2.07. The Balaban J connectivity index is 2.02. The maximum Gasteiger partial charge on any atom is 0.109 e. The fraction of sp³-hybridized carbons (Fsp3) is 0.154. The first-order valence-corrected chi connectivity index (χ1v) is 6.43. The van der Waals surface area contributed by atoms with E-state index >= 15 is 0 Å². The van der Waals surface area contributed by atoms with Crippen molar-refractivity contribution in [3.63, 3.8) is 0 Å². The third kappa shape index (κ3) is 3.45. The number of hydrogen-bond donors (Lipinski definition) is 1. The van der Waals surface area contributed by atoms with E-state index in [1.54, 1.807) is 0 Å². The van der Waals surface area contributed by atoms with Gasteiger partial charge in [-0.1, -0.05) is 23.7 Å². The van der Waals surface area contributed by atoms with E-state index in [9.17, 15) is 0 Å². The number of nitrogens with zero attached hydrogens (tertiary/aromatic N) is 1. The highest BCUT2D eigenvalue weighted by molar-refractivity contribution is 9.10. The molecule has 0 saturated carbocycles. The molecule has 0 spiro atoms. The van der Waals surface area contributed by atoms with Gasteiger partial charge < -0.3 is 5.32 Å². The molecule has 0 aliphatic heterocycles. The Kier molecular flexibility index (Phi) is 4.02. The molecule has 0 atom stereocenters. The van der Waals surface area contributed by atoms with Gasteiger partial charge in [-0.3, -0.25) is 0 Å². The van der Waals surface area contributed by atoms with Crippen LogP contribution in [0.3, 0.4) is 0 Å². The van der Waals surface area contributed by atoms with Crippen molar-refractivity contribution in [2.75, 3.05) is 5.32 Å². The molecule has 0 unspecified atom stereocenters. The van der Waals surface area contributed by atoms with Gasteiger partial charge in [-0.05, 0) is 52.2 Å². The van der Waals surface area contributed by atoms with Crippen LogP contribution in [-0.2, 0) is 6.54 Å². The second-order valence-electron chi connectivity index (χ2n) is 3.81. The largest absolute Gasteiger partial charge is 0.380 e. The maximum absolute atomic E-state index is 5.83. The fourth-order valence-electron chi connectivity index (χ4n) is 1.46. The van der Waals surface area contributed by atoms with Crippen LogP contribution in [0.25, 0.3) is 0 Å². The van der Waals surface area contributed by atoms with Gasteiger partial charge in [0.25, 0.3) is 0 Å². The first-order chi connectivity index (χ1) is 8.15. The zero-order valence-electron chi connectivity index (χ0n) is 9.37. The summed E-state index contributed by atoms with van der Waals surface area (Å²) in [6, 6.07) is 9.86. The molecule has 0 fully saturated rings. The number of hydrogen-bond acceptors (Lipinski definition) is 2. The number of benzene rings is 1. The average molecular weight is 312 g/mol. The molecule has 88 valence electrons. The summed E-state index contributed by atoms with van der Waals surface area (Å²) in [5.74, 6) is 0. The number of nitrogens with one attached hydrogen (secondary N) is 1. The van der Waals surface area contributed by atoms with Crippen molar-refractivity contribution in [2.24, 2.45) is 0 Å². The molecule has 4 heteroatoms. The Hall–Kier alpha value is -1.06. The van der Waals surface area contributed by atoms with Crippen LogP contribution in [0.4, 0.5) is 5.69 Å². The minimum Gasteiger partial charge on any atom is -0.380 e. The summed E-state index contributed by atoms with van der Waals surface area (Å²) in [5.41, 5.74) is 3.32. The molecule has 1 aromatic carbocycles. The van der Waals surface area contributed by atoms with Gasteiger partial charge >= 0.3 is 0 Å². The molecular formula is C13H12BrClN2. The minimum atomic E-state index is 0.759. The second kappa shape index (κ2) is 5.52. The predicted octanol–water partition coefficient (Wildman–Crippen LogP) is 4.42. The first kappa shape index (κ1) is 12.4. The molecule has 0 aliphatic rings. The normalized spacial score (nSPS) is 10.3. The highest BCUT2D eigenvalue weighted by Gasteiger charge is 1.99. The van der Waals surface area contributed by atoms with Gasteiger partial charge in [0.2, 0.25) is 0 Å². The average Bonchev–Trinajstić information content (AvgIpc) is 2.33. The van der Waals surface area contributed by atoms with Gasteiger partial charge in [0, 0.05) is 11.6 Å². The Morgan fingerprint density at radius 3 is 2.65 bits per heavy atom. The Morgan fingerprint density at radius 2 is 2.00 bits per heavy atom. The van der Waals surface area contributed by atoms with Gasteiger partial charge in [-0.25, -0.2) is 4.98 Å². The predicted molar refractivity (Wildman–Crippen MR) is 75.5 cm³/mol. The molecule has 0 radical (unpaired) electrons. The van der Waals surface area contributed by atoms with Crippen LogP contribution in [0.2, 0.25) is 5.02 Å². The molecule has 1 N–H and O–H groups in total. The van der Waals surface area contributed by atoms with Crippen molar-refractivity contribution in [3.05, 3.63) is 57.3 Å². The van der Waals surface area contributed by atoms with Gasteiger partial charge in [-0.15, -0.1) is 0 Å². The summed E-state index contributed by atoms with van der Waals surface area (Å²) in [6.45, 7) is 2.78. The van der Waals surface area contributed by atoms with Gasteiger partial charge in [-0.2, -0.15) is 0 Å². The van der Waals surface area contributed by atoms with Crippen molar-refractivity contribution in [3.8, 4) is 0 Å². The quantitative estimate of drug-likeness (QED) is 0.849. The van der Waals surface area contributed by atoms with E-state index in [-0.39, 0.29) is 0 Å². The molecule has 0 amide bonds. The van der Waals surface area contributed by atoms with E-state index in [1.165, 1.54) is 5.56 Å². The SMILES string of the molecule is Cc1cc(NCc2ccc(Cl)cc2)cnc1Br. The number of halogens is 2. The molecule has 2 aromatic rings. The van der Waals surface area contributed by atoms with E-state index < -0.39 is 0 Å². The zero-order chi connectivity index (χ0) is 12.3. The first-order valence-electron chi connectivity index (χ1n) is 5.25. The molecule has 2 rings (SSSR count). The Morgan fingerprint density at radius 1 is 1.29 bits per heavy atom. The van der Waals surface area contributed by atoms with Crippen molar-refractivity contribution in [1.82, 2.24) is 4.98 Å². The maximum atomic E-state index is 5.83. The van der Waals surface area contributed by atoms with Crippen LogP contribution < -0.4 is 5.32 Å². The van der Waals surface area contributed by atoms with E-state index in [0.717, 1.165) is 27.4 Å². The van der Waals surface area contributed by atoms with E-state index in [1.807, 2.05) is 37.4 Å². The van der Waals surface area contributed by atoms with Gasteiger partial charge in [0.05, 0.1) is 11.9 Å². The molecular weight excluding hydrogens is 300 g/mol. The summed E-state index contributed by atoms with van der Waals surface area (Å²) in [6.07, 6.45) is 1.81. The molecule has 0 aliphatic carbocycles. The highest BCUT2D eigenvalue weighted by atomic mass is 79.9. The fourth-order valence-corrected chi connectivity index (χ4v) is 1.80. The van der Waals surface area contributed by atoms with E-state index in [0.29, 0.717) is 0 Å². The lowest BCUT2D eigenvalue weighted by molar-refractivity contribution is 1.12. The summed E-state index contributed by atoms with van der Waals surface area (Å²) < 4.78 is 0.884. The van der Waals surface area contributed by atoms with Crippen molar-refractivity contribution < 1.29 is 0 Å². The standard InChI is InChI=1S/C13H12BrClN2/c1-9-6-12(8-17-13(9)14)16-7-10-2-4-11(15)5-3-10/h2-6,8,16H,7H2,1H3. The molecule has 2 nitrogen and oxygen atoms in total. The van der Waals surface area contributed by atoms with Crippen LogP contribution in [0.1, 0.15) is 11.1 Å². The van der Waals surface area contributed by atoms with Gasteiger partial charge in [0.1, 0.15) is 4.60 Å². The summed E-state index contributed by atoms with van der Waals surface area (Å²) in [7, 11) is 0. The molecule has 0 bridgehead atoms. The van der Waals surface area contributed by atoms with Crippen LogP contribution in [0, 0.1) is 6.92 Å². The summed E-state index contributed by atoms with van der Waals surface area (Å²) >= 11 is 9.21. The topological polar surface area (TPSA) is 24.9 Å². The van der Waals surface area contributed by atoms with Crippen molar-refractivity contribution in [2.45, 2.75) is 13.5 Å². The molecule has 0 saturated heterocycles. The zero-order valence-corrected chi connectivity index (χ0v) is 11.7. The van der Waals surface area contributed by atoms with Crippen LogP contribution >= 0.6 is 27.5 Å². The third-order valence-electron chi connectivity index (χ3n) is 2.42. The van der Waals surface area contributed by atoms with Crippen LogP contribution in [0.15, 0.2) is 41.1 Å². The highest BCUT2D eigenvalue weighted by Crippen LogP contribution is 2.17. The molecule has 17 heavy (non-hydrogen) atoms. The third-order valence-corrected chi connectivity index (χ3v) is 3.51. The molecule has 1 heterocycles.